The molecular weight excluding hydrogens is 464 g/mol. The Hall–Kier alpha value is -4.20. The Morgan fingerprint density at radius 3 is 2.30 bits per heavy atom. The van der Waals surface area contributed by atoms with Crippen LogP contribution < -0.4 is 16.6 Å². The van der Waals surface area contributed by atoms with Crippen molar-refractivity contribution in [2.24, 2.45) is 12.5 Å². The topological polar surface area (TPSA) is 86.7 Å². The van der Waals surface area contributed by atoms with Crippen molar-refractivity contribution in [3.05, 3.63) is 99.0 Å². The number of allylic oxidation sites excluding steroid dienone is 4. The maximum absolute atomic E-state index is 13.4. The normalized spacial score (nSPS) is 12.5. The van der Waals surface area contributed by atoms with Gasteiger partial charge in [-0.2, -0.15) is 5.10 Å². The lowest BCUT2D eigenvalue weighted by atomic mass is 9.97. The summed E-state index contributed by atoms with van der Waals surface area (Å²) >= 11 is 0. The number of hydrogen-bond acceptors (Lipinski definition) is 5. The average Bonchev–Trinajstić information content (AvgIpc) is 3.22. The van der Waals surface area contributed by atoms with Gasteiger partial charge in [-0.05, 0) is 48.1 Å². The highest BCUT2D eigenvalue weighted by molar-refractivity contribution is 5.89. The van der Waals surface area contributed by atoms with E-state index in [0.717, 1.165) is 27.0 Å². The summed E-state index contributed by atoms with van der Waals surface area (Å²) in [5.41, 5.74) is 3.49. The molecule has 0 unspecified atom stereocenters. The summed E-state index contributed by atoms with van der Waals surface area (Å²) in [4.78, 5) is 30.6. The molecule has 0 atom stereocenters. The van der Waals surface area contributed by atoms with Crippen LogP contribution in [0.25, 0.3) is 16.6 Å². The molecule has 0 saturated heterocycles. The molecule has 0 amide bonds. The van der Waals surface area contributed by atoms with Crippen molar-refractivity contribution < 1.29 is 0 Å². The second kappa shape index (κ2) is 10.4. The Kier molecular flexibility index (Phi) is 7.29. The van der Waals surface area contributed by atoms with Gasteiger partial charge in [0.05, 0.1) is 6.54 Å². The Morgan fingerprint density at radius 1 is 1.03 bits per heavy atom. The van der Waals surface area contributed by atoms with E-state index < -0.39 is 0 Å². The number of nitrogens with zero attached hydrogens (tertiary/aromatic N) is 5. The first-order valence-corrected chi connectivity index (χ1v) is 12.4. The van der Waals surface area contributed by atoms with E-state index in [9.17, 15) is 9.59 Å². The van der Waals surface area contributed by atoms with E-state index in [1.54, 1.807) is 21.6 Å². The number of aromatic nitrogens is 5. The molecule has 0 spiro atoms. The lowest BCUT2D eigenvalue weighted by Gasteiger charge is -2.20. The van der Waals surface area contributed by atoms with Crippen LogP contribution in [0, 0.1) is 5.41 Å². The highest BCUT2D eigenvalue weighted by atomic mass is 16.2. The van der Waals surface area contributed by atoms with E-state index in [1.165, 1.54) is 7.05 Å². The summed E-state index contributed by atoms with van der Waals surface area (Å²) in [6.45, 7) is 11.0. The van der Waals surface area contributed by atoms with Crippen molar-refractivity contribution in [2.45, 2.75) is 47.7 Å². The third-order valence-electron chi connectivity index (χ3n) is 6.08. The summed E-state index contributed by atoms with van der Waals surface area (Å²) in [6.07, 6.45) is 9.54. The van der Waals surface area contributed by atoms with Crippen LogP contribution >= 0.6 is 0 Å². The molecule has 37 heavy (non-hydrogen) atoms. The molecule has 3 heterocycles. The van der Waals surface area contributed by atoms with Crippen molar-refractivity contribution in [2.75, 3.05) is 5.32 Å². The van der Waals surface area contributed by atoms with Crippen LogP contribution in [-0.2, 0) is 20.1 Å². The number of hydrogen-bond donors (Lipinski definition) is 1. The van der Waals surface area contributed by atoms with Crippen molar-refractivity contribution in [1.82, 2.24) is 23.9 Å². The van der Waals surface area contributed by atoms with Gasteiger partial charge in [0.15, 0.2) is 5.65 Å². The van der Waals surface area contributed by atoms with Crippen molar-refractivity contribution >= 4 is 28.1 Å². The van der Waals surface area contributed by atoms with Crippen LogP contribution in [0.15, 0.2) is 76.6 Å². The number of anilines is 2. The molecule has 4 rings (SSSR count). The van der Waals surface area contributed by atoms with Gasteiger partial charge in [-0.25, -0.2) is 9.48 Å². The third kappa shape index (κ3) is 5.48. The van der Waals surface area contributed by atoms with Gasteiger partial charge in [-0.15, -0.1) is 0 Å². The SMILES string of the molecule is CC=CC(=CC)c1ccc(Cn2nc3c(c2Nc2ccncc2)c(=O)n(C)c(=O)n3CC(C)(C)C)cc1. The molecule has 0 bridgehead atoms. The summed E-state index contributed by atoms with van der Waals surface area (Å²) in [7, 11) is 1.51. The Labute approximate surface area is 216 Å². The van der Waals surface area contributed by atoms with Gasteiger partial charge in [0.25, 0.3) is 5.56 Å². The molecule has 0 radical (unpaired) electrons. The molecule has 8 nitrogen and oxygen atoms in total. The van der Waals surface area contributed by atoms with Crippen molar-refractivity contribution in [1.29, 1.82) is 0 Å². The van der Waals surface area contributed by atoms with E-state index >= 15 is 0 Å². The van der Waals surface area contributed by atoms with Gasteiger partial charge >= 0.3 is 5.69 Å². The molecule has 1 N–H and O–H groups in total. The molecular formula is C29H34N6O2. The maximum Gasteiger partial charge on any atom is 0.332 e. The second-order valence-corrected chi connectivity index (χ2v) is 10.3. The van der Waals surface area contributed by atoms with Gasteiger partial charge in [-0.3, -0.25) is 18.9 Å². The first-order valence-electron chi connectivity index (χ1n) is 12.4. The minimum absolute atomic E-state index is 0.191. The molecule has 0 fully saturated rings. The van der Waals surface area contributed by atoms with Gasteiger partial charge in [0.2, 0.25) is 0 Å². The fraction of sp³-hybridized carbons (Fsp3) is 0.310. The Balaban J connectivity index is 1.88. The Morgan fingerprint density at radius 2 is 1.70 bits per heavy atom. The highest BCUT2D eigenvalue weighted by Gasteiger charge is 2.24. The molecule has 0 aliphatic carbocycles. The van der Waals surface area contributed by atoms with Crippen molar-refractivity contribution in [3.8, 4) is 0 Å². The summed E-state index contributed by atoms with van der Waals surface area (Å²) in [6, 6.07) is 11.9. The predicted octanol–water partition coefficient (Wildman–Crippen LogP) is 5.11. The highest BCUT2D eigenvalue weighted by Crippen LogP contribution is 2.26. The molecule has 8 heteroatoms. The number of fused-ring (bicyclic) bond motifs is 1. The molecule has 0 saturated carbocycles. The molecule has 0 aliphatic rings. The summed E-state index contributed by atoms with van der Waals surface area (Å²) in [5.74, 6) is 0.539. The van der Waals surface area contributed by atoms with E-state index in [2.05, 4.69) is 67.5 Å². The van der Waals surface area contributed by atoms with Crippen LogP contribution in [0.3, 0.4) is 0 Å². The second-order valence-electron chi connectivity index (χ2n) is 10.3. The molecule has 3 aromatic heterocycles. The summed E-state index contributed by atoms with van der Waals surface area (Å²) < 4.78 is 4.53. The third-order valence-corrected chi connectivity index (χ3v) is 6.08. The molecule has 0 aliphatic heterocycles. The van der Waals surface area contributed by atoms with Gasteiger partial charge in [0, 0.05) is 31.7 Å². The fourth-order valence-electron chi connectivity index (χ4n) is 4.31. The number of benzene rings is 1. The average molecular weight is 499 g/mol. The molecule has 4 aromatic rings. The summed E-state index contributed by atoms with van der Waals surface area (Å²) in [5, 5.41) is 8.56. The van der Waals surface area contributed by atoms with E-state index in [4.69, 9.17) is 5.10 Å². The minimum Gasteiger partial charge on any atom is -0.340 e. The van der Waals surface area contributed by atoms with Crippen LogP contribution in [-0.4, -0.2) is 23.9 Å². The number of nitrogens with one attached hydrogen (secondary N) is 1. The van der Waals surface area contributed by atoms with E-state index in [0.29, 0.717) is 29.9 Å². The van der Waals surface area contributed by atoms with Crippen LogP contribution in [0.5, 0.6) is 0 Å². The van der Waals surface area contributed by atoms with Crippen LogP contribution in [0.1, 0.15) is 45.7 Å². The van der Waals surface area contributed by atoms with Gasteiger partial charge in [-0.1, -0.05) is 63.3 Å². The van der Waals surface area contributed by atoms with Crippen LogP contribution in [0.2, 0.25) is 0 Å². The quantitative estimate of drug-likeness (QED) is 0.358. The molecule has 1 aromatic carbocycles. The monoisotopic (exact) mass is 498 g/mol. The zero-order chi connectivity index (χ0) is 26.7. The largest absolute Gasteiger partial charge is 0.340 e. The number of pyridine rings is 1. The lowest BCUT2D eigenvalue weighted by molar-refractivity contribution is 0.337. The van der Waals surface area contributed by atoms with E-state index in [1.807, 2.05) is 32.1 Å². The first kappa shape index (κ1) is 25.9. The maximum atomic E-state index is 13.4. The fourth-order valence-corrected chi connectivity index (χ4v) is 4.31. The van der Waals surface area contributed by atoms with Gasteiger partial charge in [0.1, 0.15) is 11.2 Å². The zero-order valence-electron chi connectivity index (χ0n) is 22.3. The smallest absolute Gasteiger partial charge is 0.332 e. The zero-order valence-corrected chi connectivity index (χ0v) is 22.3. The predicted molar refractivity (Wildman–Crippen MR) is 150 cm³/mol. The standard InChI is InChI=1S/C29H34N6O2/c1-7-9-21(8-2)22-12-10-20(11-13-22)18-35-25(31-23-14-16-30-17-15-23)24-26(32-35)34(19-29(3,4)5)28(37)33(6)27(24)36/h7-17H,18-19H2,1-6H3,(H,30,31). The minimum atomic E-state index is -0.382. The van der Waals surface area contributed by atoms with E-state index in [-0.39, 0.29) is 16.7 Å². The number of rotatable bonds is 7. The van der Waals surface area contributed by atoms with Crippen LogP contribution in [0.4, 0.5) is 11.5 Å². The first-order chi connectivity index (χ1) is 17.6. The molecule has 192 valence electrons. The van der Waals surface area contributed by atoms with Crippen molar-refractivity contribution in [3.63, 3.8) is 0 Å². The Bertz CT molecular complexity index is 1580. The lowest BCUT2D eigenvalue weighted by Crippen LogP contribution is -2.40. The van der Waals surface area contributed by atoms with Gasteiger partial charge < -0.3 is 5.32 Å².